The summed E-state index contributed by atoms with van der Waals surface area (Å²) in [6, 6.07) is 16.8. The van der Waals surface area contributed by atoms with Crippen LogP contribution in [0.3, 0.4) is 0 Å². The summed E-state index contributed by atoms with van der Waals surface area (Å²) in [4.78, 5) is 2.58. The molecule has 0 bridgehead atoms. The highest BCUT2D eigenvalue weighted by molar-refractivity contribution is 8.07. The van der Waals surface area contributed by atoms with Crippen molar-refractivity contribution >= 4 is 34.9 Å². The monoisotopic (exact) mass is 270 g/mol. The lowest BCUT2D eigenvalue weighted by atomic mass is 10.3. The van der Waals surface area contributed by atoms with Gasteiger partial charge in [0.2, 0.25) is 0 Å². The summed E-state index contributed by atoms with van der Waals surface area (Å²) in [7, 11) is 0. The third kappa shape index (κ3) is 1.61. The Kier molecular flexibility index (Phi) is 2.31. The number of hydrogen-bond donors (Lipinski definition) is 2. The molecule has 18 heavy (non-hydrogen) atoms. The third-order valence-corrected chi connectivity index (χ3v) is 5.20. The number of rotatable bonds is 0. The highest BCUT2D eigenvalue weighted by atomic mass is 32.2. The number of hydrogen-bond acceptors (Lipinski definition) is 4. The SMILES string of the molecule is c1ccc2c(c1)N/C(=C1\Nc3ccccc3S1)S2. The minimum Gasteiger partial charge on any atom is -0.347 e. The third-order valence-electron chi connectivity index (χ3n) is 2.90. The molecule has 0 aromatic heterocycles. The van der Waals surface area contributed by atoms with E-state index in [2.05, 4.69) is 59.2 Å². The standard InChI is InChI=1S/C14H10N2S2/c1-3-7-11-9(5-1)15-13(17-11)14-16-10-6-2-4-8-12(10)18-14/h1-8,15-16H/b14-13-. The molecule has 2 aliphatic rings. The Morgan fingerprint density at radius 2 is 1.06 bits per heavy atom. The summed E-state index contributed by atoms with van der Waals surface area (Å²) < 4.78 is 0. The molecule has 0 fully saturated rings. The van der Waals surface area contributed by atoms with Gasteiger partial charge in [-0.15, -0.1) is 0 Å². The van der Waals surface area contributed by atoms with Crippen LogP contribution in [0.5, 0.6) is 0 Å². The van der Waals surface area contributed by atoms with Crippen LogP contribution in [0.25, 0.3) is 0 Å². The Balaban J connectivity index is 1.70. The number of benzene rings is 2. The molecule has 0 atom stereocenters. The zero-order chi connectivity index (χ0) is 11.9. The van der Waals surface area contributed by atoms with Crippen LogP contribution < -0.4 is 10.6 Å². The van der Waals surface area contributed by atoms with Crippen LogP contribution in [0.4, 0.5) is 11.4 Å². The zero-order valence-electron chi connectivity index (χ0n) is 9.44. The minimum absolute atomic E-state index is 1.19. The van der Waals surface area contributed by atoms with Gasteiger partial charge in [-0.2, -0.15) is 0 Å². The van der Waals surface area contributed by atoms with Gasteiger partial charge in [-0.1, -0.05) is 47.8 Å². The van der Waals surface area contributed by atoms with E-state index in [0.29, 0.717) is 0 Å². The molecule has 0 saturated carbocycles. The number of para-hydroxylation sites is 2. The van der Waals surface area contributed by atoms with Crippen LogP contribution in [0.15, 0.2) is 68.4 Å². The largest absolute Gasteiger partial charge is 0.347 e. The molecule has 4 rings (SSSR count). The molecule has 0 unspecified atom stereocenters. The van der Waals surface area contributed by atoms with Gasteiger partial charge in [-0.3, -0.25) is 0 Å². The van der Waals surface area contributed by atoms with Crippen molar-refractivity contribution in [2.45, 2.75) is 9.79 Å². The molecular weight excluding hydrogens is 260 g/mol. The number of fused-ring (bicyclic) bond motifs is 2. The Labute approximate surface area is 114 Å². The number of anilines is 2. The van der Waals surface area contributed by atoms with E-state index < -0.39 is 0 Å². The lowest BCUT2D eigenvalue weighted by Gasteiger charge is -2.03. The van der Waals surface area contributed by atoms with Crippen molar-refractivity contribution in [3.05, 3.63) is 58.6 Å². The topological polar surface area (TPSA) is 24.1 Å². The van der Waals surface area contributed by atoms with E-state index in [9.17, 15) is 0 Å². The molecular formula is C14H10N2S2. The predicted octanol–water partition coefficient (Wildman–Crippen LogP) is 4.55. The van der Waals surface area contributed by atoms with Gasteiger partial charge in [-0.25, -0.2) is 0 Å². The fourth-order valence-electron chi connectivity index (χ4n) is 2.04. The van der Waals surface area contributed by atoms with Crippen LogP contribution in [0, 0.1) is 0 Å². The van der Waals surface area contributed by atoms with Crippen LogP contribution >= 0.6 is 23.5 Å². The summed E-state index contributed by atoms with van der Waals surface area (Å²) in [5.74, 6) is 0. The van der Waals surface area contributed by atoms with Gasteiger partial charge in [0, 0.05) is 9.79 Å². The van der Waals surface area contributed by atoms with Crippen molar-refractivity contribution in [1.82, 2.24) is 0 Å². The Bertz CT molecular complexity index is 553. The maximum absolute atomic E-state index is 3.47. The van der Waals surface area contributed by atoms with Crippen molar-refractivity contribution in [1.29, 1.82) is 0 Å². The summed E-state index contributed by atoms with van der Waals surface area (Å²) in [6.07, 6.45) is 0. The molecule has 2 aliphatic heterocycles. The lowest BCUT2D eigenvalue weighted by Crippen LogP contribution is -1.97. The fraction of sp³-hybridized carbons (Fsp3) is 0. The van der Waals surface area contributed by atoms with Crippen LogP contribution in [-0.2, 0) is 0 Å². The van der Waals surface area contributed by atoms with Crippen molar-refractivity contribution in [2.75, 3.05) is 10.6 Å². The highest BCUT2D eigenvalue weighted by Crippen LogP contribution is 2.49. The Morgan fingerprint density at radius 1 is 0.611 bits per heavy atom. The first kappa shape index (κ1) is 10.4. The van der Waals surface area contributed by atoms with Crippen LogP contribution in [0.2, 0.25) is 0 Å². The van der Waals surface area contributed by atoms with Crippen LogP contribution in [0.1, 0.15) is 0 Å². The fourth-order valence-corrected chi connectivity index (χ4v) is 4.09. The van der Waals surface area contributed by atoms with Crippen molar-refractivity contribution in [3.63, 3.8) is 0 Å². The summed E-state index contributed by atoms with van der Waals surface area (Å²) in [5, 5.41) is 9.33. The van der Waals surface area contributed by atoms with E-state index in [1.54, 1.807) is 23.5 Å². The quantitative estimate of drug-likeness (QED) is 0.733. The average molecular weight is 270 g/mol. The van der Waals surface area contributed by atoms with Crippen LogP contribution in [-0.4, -0.2) is 0 Å². The maximum atomic E-state index is 3.47. The van der Waals surface area contributed by atoms with E-state index in [4.69, 9.17) is 0 Å². The van der Waals surface area contributed by atoms with Gasteiger partial charge in [0.15, 0.2) is 0 Å². The maximum Gasteiger partial charge on any atom is 0.109 e. The molecule has 88 valence electrons. The lowest BCUT2D eigenvalue weighted by molar-refractivity contribution is 1.44. The normalized spacial score (nSPS) is 20.0. The molecule has 2 nitrogen and oxygen atoms in total. The Hall–Kier alpha value is -1.52. The van der Waals surface area contributed by atoms with Gasteiger partial charge in [0.25, 0.3) is 0 Å². The smallest absolute Gasteiger partial charge is 0.109 e. The van der Waals surface area contributed by atoms with E-state index in [-0.39, 0.29) is 0 Å². The van der Waals surface area contributed by atoms with E-state index in [1.165, 1.54) is 31.2 Å². The second-order valence-electron chi connectivity index (χ2n) is 4.10. The number of nitrogens with one attached hydrogen (secondary N) is 2. The average Bonchev–Trinajstić information content (AvgIpc) is 3.02. The van der Waals surface area contributed by atoms with Gasteiger partial charge in [-0.05, 0) is 24.3 Å². The first-order chi connectivity index (χ1) is 8.90. The summed E-state index contributed by atoms with van der Waals surface area (Å²) in [5.41, 5.74) is 2.40. The van der Waals surface area contributed by atoms with Gasteiger partial charge < -0.3 is 10.6 Å². The molecule has 0 amide bonds. The zero-order valence-corrected chi connectivity index (χ0v) is 11.1. The second-order valence-corrected chi connectivity index (χ2v) is 6.21. The molecule has 0 spiro atoms. The predicted molar refractivity (Wildman–Crippen MR) is 78.9 cm³/mol. The second kappa shape index (κ2) is 4.00. The van der Waals surface area contributed by atoms with Crippen molar-refractivity contribution < 1.29 is 0 Å². The molecule has 0 aliphatic carbocycles. The first-order valence-corrected chi connectivity index (χ1v) is 7.35. The molecule has 0 saturated heterocycles. The summed E-state index contributed by atoms with van der Waals surface area (Å²) >= 11 is 3.58. The van der Waals surface area contributed by atoms with Gasteiger partial charge in [0.05, 0.1) is 11.4 Å². The molecule has 2 aromatic carbocycles. The van der Waals surface area contributed by atoms with Gasteiger partial charge >= 0.3 is 0 Å². The highest BCUT2D eigenvalue weighted by Gasteiger charge is 2.24. The molecule has 0 radical (unpaired) electrons. The molecule has 2 heterocycles. The first-order valence-electron chi connectivity index (χ1n) is 5.72. The number of thioether (sulfide) groups is 2. The van der Waals surface area contributed by atoms with Gasteiger partial charge in [0.1, 0.15) is 10.1 Å². The molecule has 4 heteroatoms. The molecule has 2 aromatic rings. The van der Waals surface area contributed by atoms with E-state index >= 15 is 0 Å². The minimum atomic E-state index is 1.19. The van der Waals surface area contributed by atoms with Crippen molar-refractivity contribution in [3.8, 4) is 0 Å². The van der Waals surface area contributed by atoms with E-state index in [0.717, 1.165) is 0 Å². The summed E-state index contributed by atoms with van der Waals surface area (Å²) in [6.45, 7) is 0. The molecule has 2 N–H and O–H groups in total. The Morgan fingerprint density at radius 3 is 1.50 bits per heavy atom. The van der Waals surface area contributed by atoms with Crippen molar-refractivity contribution in [2.24, 2.45) is 0 Å². The van der Waals surface area contributed by atoms with E-state index in [1.807, 2.05) is 0 Å².